The number of anilines is 1. The van der Waals surface area contributed by atoms with Crippen LogP contribution in [-0.2, 0) is 24.2 Å². The smallest absolute Gasteiger partial charge is 0.321 e. The van der Waals surface area contributed by atoms with Crippen LogP contribution in [0.25, 0.3) is 0 Å². The number of carbonyl (C=O) groups excluding carboxylic acids is 2. The van der Waals surface area contributed by atoms with Crippen LogP contribution >= 0.6 is 11.3 Å². The third-order valence-corrected chi connectivity index (χ3v) is 6.19. The highest BCUT2D eigenvalue weighted by molar-refractivity contribution is 7.15. The van der Waals surface area contributed by atoms with E-state index in [-0.39, 0.29) is 18.0 Å². The van der Waals surface area contributed by atoms with Crippen molar-refractivity contribution in [1.82, 2.24) is 15.2 Å². The summed E-state index contributed by atoms with van der Waals surface area (Å²) in [6.45, 7) is 1.25. The zero-order chi connectivity index (χ0) is 18.6. The van der Waals surface area contributed by atoms with Crippen LogP contribution in [0.4, 0.5) is 9.93 Å². The Morgan fingerprint density at radius 3 is 2.74 bits per heavy atom. The normalized spacial score (nSPS) is 16.8. The molecule has 1 aromatic heterocycles. The molecule has 0 radical (unpaired) electrons. The maximum Gasteiger partial charge on any atom is 0.321 e. The minimum atomic E-state index is -0.176. The van der Waals surface area contributed by atoms with Gasteiger partial charge in [0.25, 0.3) is 0 Å². The molecule has 1 aromatic carbocycles. The predicted octanol–water partition coefficient (Wildman–Crippen LogP) is 3.33. The molecule has 6 nitrogen and oxygen atoms in total. The molecule has 142 valence electrons. The number of aromatic nitrogens is 1. The Labute approximate surface area is 163 Å². The van der Waals surface area contributed by atoms with E-state index < -0.39 is 0 Å². The van der Waals surface area contributed by atoms with Gasteiger partial charge in [0.05, 0.1) is 18.7 Å². The van der Waals surface area contributed by atoms with Crippen molar-refractivity contribution in [3.63, 3.8) is 0 Å². The average molecular weight is 385 g/mol. The standard InChI is InChI=1S/C20H24N4O2S/c25-18(12-14-6-2-1-3-7-14)24-11-10-16-17(13-24)27-20(22-16)23-19(26)21-15-8-4-5-9-15/h1-3,6-7,15H,4-5,8-13H2,(H2,21,22,23,26). The lowest BCUT2D eigenvalue weighted by atomic mass is 10.1. The fourth-order valence-electron chi connectivity index (χ4n) is 3.73. The zero-order valence-corrected chi connectivity index (χ0v) is 16.1. The summed E-state index contributed by atoms with van der Waals surface area (Å²) < 4.78 is 0. The average Bonchev–Trinajstić information content (AvgIpc) is 3.30. The molecule has 4 rings (SSSR count). The van der Waals surface area contributed by atoms with Gasteiger partial charge in [-0.2, -0.15) is 0 Å². The molecule has 2 N–H and O–H groups in total. The van der Waals surface area contributed by atoms with Gasteiger partial charge in [0.2, 0.25) is 5.91 Å². The molecule has 0 bridgehead atoms. The molecule has 3 amide bonds. The second-order valence-electron chi connectivity index (χ2n) is 7.20. The monoisotopic (exact) mass is 384 g/mol. The number of hydrogen-bond donors (Lipinski definition) is 2. The number of fused-ring (bicyclic) bond motifs is 1. The minimum Gasteiger partial charge on any atom is -0.337 e. The van der Waals surface area contributed by atoms with Crippen LogP contribution in [0.2, 0.25) is 0 Å². The van der Waals surface area contributed by atoms with Gasteiger partial charge >= 0.3 is 6.03 Å². The summed E-state index contributed by atoms with van der Waals surface area (Å²) in [6.07, 6.45) is 5.63. The molecule has 0 atom stereocenters. The molecule has 1 saturated carbocycles. The number of carbonyl (C=O) groups is 2. The number of amides is 3. The van der Waals surface area contributed by atoms with Crippen molar-refractivity contribution in [1.29, 1.82) is 0 Å². The Morgan fingerprint density at radius 2 is 1.96 bits per heavy atom. The predicted molar refractivity (Wildman–Crippen MR) is 106 cm³/mol. The first-order valence-corrected chi connectivity index (χ1v) is 10.4. The summed E-state index contributed by atoms with van der Waals surface area (Å²) in [5.74, 6) is 0.133. The van der Waals surface area contributed by atoms with E-state index in [1.165, 1.54) is 24.2 Å². The Balaban J connectivity index is 1.34. The van der Waals surface area contributed by atoms with Crippen LogP contribution in [0.3, 0.4) is 0 Å². The van der Waals surface area contributed by atoms with Gasteiger partial charge in [-0.05, 0) is 18.4 Å². The van der Waals surface area contributed by atoms with Gasteiger partial charge in [0, 0.05) is 23.9 Å². The highest BCUT2D eigenvalue weighted by atomic mass is 32.1. The van der Waals surface area contributed by atoms with Crippen molar-refractivity contribution in [3.8, 4) is 0 Å². The third-order valence-electron chi connectivity index (χ3n) is 5.19. The summed E-state index contributed by atoms with van der Waals surface area (Å²) >= 11 is 1.47. The molecule has 0 unspecified atom stereocenters. The van der Waals surface area contributed by atoms with Crippen molar-refractivity contribution >= 4 is 28.4 Å². The topological polar surface area (TPSA) is 74.3 Å². The van der Waals surface area contributed by atoms with E-state index in [9.17, 15) is 9.59 Å². The molecular formula is C20H24N4O2S. The first-order chi connectivity index (χ1) is 13.2. The molecule has 2 heterocycles. The lowest BCUT2D eigenvalue weighted by Crippen LogP contribution is -2.36. The fourth-order valence-corrected chi connectivity index (χ4v) is 4.75. The number of nitrogens with one attached hydrogen (secondary N) is 2. The molecular weight excluding hydrogens is 360 g/mol. The van der Waals surface area contributed by atoms with Gasteiger partial charge in [0.1, 0.15) is 0 Å². The highest BCUT2D eigenvalue weighted by Crippen LogP contribution is 2.28. The molecule has 7 heteroatoms. The lowest BCUT2D eigenvalue weighted by Gasteiger charge is -2.26. The van der Waals surface area contributed by atoms with Crippen molar-refractivity contribution in [2.24, 2.45) is 0 Å². The van der Waals surface area contributed by atoms with Crippen LogP contribution in [0.15, 0.2) is 30.3 Å². The van der Waals surface area contributed by atoms with Crippen LogP contribution < -0.4 is 10.6 Å². The number of hydrogen-bond acceptors (Lipinski definition) is 4. The molecule has 1 aliphatic carbocycles. The van der Waals surface area contributed by atoms with Crippen molar-refractivity contribution in [2.75, 3.05) is 11.9 Å². The van der Waals surface area contributed by atoms with Crippen LogP contribution in [0.5, 0.6) is 0 Å². The second-order valence-corrected chi connectivity index (χ2v) is 8.28. The van der Waals surface area contributed by atoms with E-state index >= 15 is 0 Å². The summed E-state index contributed by atoms with van der Waals surface area (Å²) in [5, 5.41) is 6.50. The number of benzene rings is 1. The Hall–Kier alpha value is -2.41. The Bertz CT molecular complexity index is 815. The van der Waals surface area contributed by atoms with Gasteiger partial charge in [-0.3, -0.25) is 10.1 Å². The number of rotatable bonds is 4. The summed E-state index contributed by atoms with van der Waals surface area (Å²) in [7, 11) is 0. The van der Waals surface area contributed by atoms with Gasteiger partial charge in [0.15, 0.2) is 5.13 Å². The molecule has 1 aliphatic heterocycles. The minimum absolute atomic E-state index is 0.133. The fraction of sp³-hybridized carbons (Fsp3) is 0.450. The first kappa shape index (κ1) is 18.0. The Morgan fingerprint density at radius 1 is 1.19 bits per heavy atom. The summed E-state index contributed by atoms with van der Waals surface area (Å²) in [5.41, 5.74) is 2.03. The second kappa shape index (κ2) is 8.08. The van der Waals surface area contributed by atoms with E-state index in [2.05, 4.69) is 15.6 Å². The molecule has 1 fully saturated rings. The lowest BCUT2D eigenvalue weighted by molar-refractivity contribution is -0.131. The number of thiazole rings is 1. The van der Waals surface area contributed by atoms with Crippen LogP contribution in [0.1, 0.15) is 41.8 Å². The zero-order valence-electron chi connectivity index (χ0n) is 15.2. The molecule has 2 aromatic rings. The van der Waals surface area contributed by atoms with E-state index in [0.717, 1.165) is 35.4 Å². The maximum atomic E-state index is 12.6. The van der Waals surface area contributed by atoms with E-state index in [1.54, 1.807) is 0 Å². The third kappa shape index (κ3) is 4.47. The van der Waals surface area contributed by atoms with E-state index in [0.29, 0.717) is 24.6 Å². The van der Waals surface area contributed by atoms with Gasteiger partial charge in [-0.1, -0.05) is 54.5 Å². The molecule has 27 heavy (non-hydrogen) atoms. The largest absolute Gasteiger partial charge is 0.337 e. The number of urea groups is 1. The van der Waals surface area contributed by atoms with Gasteiger partial charge < -0.3 is 10.2 Å². The highest BCUT2D eigenvalue weighted by Gasteiger charge is 2.25. The van der Waals surface area contributed by atoms with E-state index in [1.807, 2.05) is 35.2 Å². The van der Waals surface area contributed by atoms with Crippen LogP contribution in [-0.4, -0.2) is 34.4 Å². The maximum absolute atomic E-state index is 12.6. The molecule has 0 spiro atoms. The van der Waals surface area contributed by atoms with E-state index in [4.69, 9.17) is 0 Å². The molecule has 2 aliphatic rings. The van der Waals surface area contributed by atoms with Crippen molar-refractivity contribution in [2.45, 2.75) is 51.1 Å². The quantitative estimate of drug-likeness (QED) is 0.849. The van der Waals surface area contributed by atoms with Crippen molar-refractivity contribution < 1.29 is 9.59 Å². The SMILES string of the molecule is O=C(Nc1nc2c(s1)CN(C(=O)Cc1ccccc1)CC2)NC1CCCC1. The first-order valence-electron chi connectivity index (χ1n) is 9.55. The van der Waals surface area contributed by atoms with Crippen molar-refractivity contribution in [3.05, 3.63) is 46.5 Å². The van der Waals surface area contributed by atoms with Gasteiger partial charge in [-0.15, -0.1) is 0 Å². The summed E-state index contributed by atoms with van der Waals surface area (Å²) in [4.78, 5) is 32.2. The van der Waals surface area contributed by atoms with Gasteiger partial charge in [-0.25, -0.2) is 9.78 Å². The Kier molecular flexibility index (Phi) is 5.38. The summed E-state index contributed by atoms with van der Waals surface area (Å²) in [6, 6.07) is 9.92. The number of nitrogens with zero attached hydrogens (tertiary/aromatic N) is 2. The molecule has 0 saturated heterocycles. The van der Waals surface area contributed by atoms with Crippen LogP contribution in [0, 0.1) is 0 Å².